The molecule has 1 aromatic carbocycles. The number of methoxy groups -OCH3 is 2. The molecule has 0 amide bonds. The van der Waals surface area contributed by atoms with Crippen LogP contribution < -0.4 is 9.47 Å². The lowest BCUT2D eigenvalue weighted by molar-refractivity contribution is -0.384. The minimum absolute atomic E-state index is 0.0264. The highest BCUT2D eigenvalue weighted by Gasteiger charge is 2.25. The monoisotopic (exact) mass is 411 g/mol. The van der Waals surface area contributed by atoms with E-state index in [4.69, 9.17) is 14.2 Å². The highest BCUT2D eigenvalue weighted by Crippen LogP contribution is 2.41. The molecule has 0 saturated heterocycles. The second-order valence-electron chi connectivity index (χ2n) is 7.56. The van der Waals surface area contributed by atoms with Crippen LogP contribution in [0.3, 0.4) is 0 Å². The van der Waals surface area contributed by atoms with Crippen molar-refractivity contribution in [2.24, 2.45) is 7.05 Å². The van der Waals surface area contributed by atoms with Crippen LogP contribution in [0.2, 0.25) is 0 Å². The number of hydrogen-bond acceptors (Lipinski definition) is 6. The van der Waals surface area contributed by atoms with Crippen LogP contribution in [0.4, 0.5) is 5.69 Å². The number of nitro groups is 1. The fraction of sp³-hybridized carbons (Fsp3) is 0.409. The third-order valence-corrected chi connectivity index (χ3v) is 5.76. The first kappa shape index (κ1) is 20.2. The number of rotatable bonds is 6. The summed E-state index contributed by atoms with van der Waals surface area (Å²) in [6.45, 7) is 0. The predicted octanol–water partition coefficient (Wildman–Crippen LogP) is 4.49. The summed E-state index contributed by atoms with van der Waals surface area (Å²) in [5.74, 6) is 1.15. The lowest BCUT2D eigenvalue weighted by Crippen LogP contribution is -2.27. The van der Waals surface area contributed by atoms with E-state index in [2.05, 4.69) is 4.98 Å². The van der Waals surface area contributed by atoms with Crippen molar-refractivity contribution >= 4 is 16.6 Å². The van der Waals surface area contributed by atoms with E-state index in [-0.39, 0.29) is 22.8 Å². The first-order valence-electron chi connectivity index (χ1n) is 9.98. The first-order chi connectivity index (χ1) is 14.5. The molecule has 1 aliphatic carbocycles. The summed E-state index contributed by atoms with van der Waals surface area (Å²) in [6.07, 6.45) is 7.62. The normalized spacial score (nSPS) is 19.0. The van der Waals surface area contributed by atoms with Crippen molar-refractivity contribution in [2.45, 2.75) is 37.9 Å². The molecular formula is C22H25N3O5. The fourth-order valence-corrected chi connectivity index (χ4v) is 4.19. The Hall–Kier alpha value is -3.13. The van der Waals surface area contributed by atoms with Gasteiger partial charge in [0, 0.05) is 55.2 Å². The van der Waals surface area contributed by atoms with Gasteiger partial charge in [-0.3, -0.25) is 10.1 Å². The largest absolute Gasteiger partial charge is 0.490 e. The zero-order valence-corrected chi connectivity index (χ0v) is 17.3. The van der Waals surface area contributed by atoms with Gasteiger partial charge in [0.05, 0.1) is 24.2 Å². The van der Waals surface area contributed by atoms with E-state index in [9.17, 15) is 10.1 Å². The molecular weight excluding hydrogens is 386 g/mol. The van der Waals surface area contributed by atoms with Crippen LogP contribution in [0.5, 0.6) is 11.6 Å². The summed E-state index contributed by atoms with van der Waals surface area (Å²) in [5.41, 5.74) is 2.39. The van der Waals surface area contributed by atoms with Crippen molar-refractivity contribution < 1.29 is 19.1 Å². The number of nitrogens with zero attached hydrogens (tertiary/aromatic N) is 3. The molecule has 1 fully saturated rings. The van der Waals surface area contributed by atoms with Crippen LogP contribution >= 0.6 is 0 Å². The third kappa shape index (κ3) is 3.70. The summed E-state index contributed by atoms with van der Waals surface area (Å²) < 4.78 is 19.1. The van der Waals surface area contributed by atoms with E-state index in [1.807, 2.05) is 23.9 Å². The summed E-state index contributed by atoms with van der Waals surface area (Å²) in [6, 6.07) is 6.66. The number of nitro benzene ring substituents is 1. The summed E-state index contributed by atoms with van der Waals surface area (Å²) in [4.78, 5) is 15.3. The van der Waals surface area contributed by atoms with Gasteiger partial charge in [0.1, 0.15) is 11.3 Å². The van der Waals surface area contributed by atoms with E-state index in [0.29, 0.717) is 17.2 Å². The Kier molecular flexibility index (Phi) is 5.59. The quantitative estimate of drug-likeness (QED) is 0.438. The molecule has 0 atom stereocenters. The number of aryl methyl sites for hydroxylation is 1. The van der Waals surface area contributed by atoms with Crippen LogP contribution in [0.15, 0.2) is 36.7 Å². The second kappa shape index (κ2) is 8.31. The van der Waals surface area contributed by atoms with E-state index in [1.54, 1.807) is 32.5 Å². The second-order valence-corrected chi connectivity index (χ2v) is 7.56. The number of non-ortho nitro benzene ring substituents is 1. The van der Waals surface area contributed by atoms with Gasteiger partial charge in [0.25, 0.3) is 5.69 Å². The van der Waals surface area contributed by atoms with Gasteiger partial charge in [0.15, 0.2) is 0 Å². The van der Waals surface area contributed by atoms with E-state index < -0.39 is 0 Å². The fourth-order valence-electron chi connectivity index (χ4n) is 4.19. The molecule has 8 nitrogen and oxygen atoms in total. The number of pyridine rings is 1. The lowest BCUT2D eigenvalue weighted by atomic mass is 9.94. The van der Waals surface area contributed by atoms with Gasteiger partial charge in [-0.1, -0.05) is 0 Å². The average molecular weight is 411 g/mol. The number of ether oxygens (including phenoxy) is 3. The Morgan fingerprint density at radius 2 is 1.83 bits per heavy atom. The van der Waals surface area contributed by atoms with Gasteiger partial charge < -0.3 is 18.8 Å². The van der Waals surface area contributed by atoms with Crippen LogP contribution in [-0.4, -0.2) is 40.9 Å². The highest BCUT2D eigenvalue weighted by atomic mass is 16.6. The van der Waals surface area contributed by atoms with Crippen LogP contribution in [0.25, 0.3) is 22.0 Å². The first-order valence-corrected chi connectivity index (χ1v) is 9.98. The molecule has 0 N–H and O–H groups in total. The van der Waals surface area contributed by atoms with Crippen LogP contribution in [0, 0.1) is 10.1 Å². The molecule has 3 aromatic rings. The van der Waals surface area contributed by atoms with Gasteiger partial charge in [-0.05, 0) is 37.8 Å². The number of aromatic nitrogens is 2. The number of hydrogen-bond donors (Lipinski definition) is 0. The maximum Gasteiger partial charge on any atom is 0.270 e. The van der Waals surface area contributed by atoms with Gasteiger partial charge in [-0.15, -0.1) is 0 Å². The Bertz CT molecular complexity index is 1070. The molecule has 0 spiro atoms. The van der Waals surface area contributed by atoms with Gasteiger partial charge in [-0.25, -0.2) is 4.98 Å². The van der Waals surface area contributed by atoms with Gasteiger partial charge in [-0.2, -0.15) is 0 Å². The van der Waals surface area contributed by atoms with Crippen LogP contribution in [-0.2, 0) is 11.8 Å². The molecule has 1 saturated carbocycles. The molecule has 158 valence electrons. The molecule has 0 aliphatic heterocycles. The maximum atomic E-state index is 11.4. The van der Waals surface area contributed by atoms with Gasteiger partial charge in [0.2, 0.25) is 5.88 Å². The Labute approximate surface area is 174 Å². The SMILES string of the molecule is COc1nccc2c(-c3cc([N+](=O)[O-])ccc3O[C@H]3CC[C@H](OC)CC3)cn(C)c12. The molecule has 0 bridgehead atoms. The topological polar surface area (TPSA) is 88.7 Å². The predicted molar refractivity (Wildman–Crippen MR) is 113 cm³/mol. The Morgan fingerprint density at radius 3 is 2.50 bits per heavy atom. The lowest BCUT2D eigenvalue weighted by Gasteiger charge is -2.28. The van der Waals surface area contributed by atoms with Crippen molar-refractivity contribution in [3.63, 3.8) is 0 Å². The molecule has 2 heterocycles. The summed E-state index contributed by atoms with van der Waals surface area (Å²) in [5, 5.41) is 12.3. The third-order valence-electron chi connectivity index (χ3n) is 5.76. The molecule has 30 heavy (non-hydrogen) atoms. The Balaban J connectivity index is 1.78. The maximum absolute atomic E-state index is 11.4. The van der Waals surface area contributed by atoms with Crippen molar-refractivity contribution in [3.05, 3.63) is 46.8 Å². The van der Waals surface area contributed by atoms with Gasteiger partial charge >= 0.3 is 0 Å². The molecule has 2 aromatic heterocycles. The Morgan fingerprint density at radius 1 is 1.10 bits per heavy atom. The zero-order valence-electron chi connectivity index (χ0n) is 17.3. The molecule has 8 heteroatoms. The standard InChI is InChI=1S/C22H25N3O5/c1-24-13-19(17-10-11-23-22(29-3)21(17)24)18-12-14(25(26)27)4-9-20(18)30-16-7-5-15(28-2)6-8-16/h4,9-13,15-16H,5-8H2,1-3H3/t15-,16-. The van der Waals surface area contributed by atoms with E-state index in [0.717, 1.165) is 42.1 Å². The molecule has 0 radical (unpaired) electrons. The minimum Gasteiger partial charge on any atom is -0.490 e. The van der Waals surface area contributed by atoms with Crippen molar-refractivity contribution in [1.82, 2.24) is 9.55 Å². The molecule has 0 unspecified atom stereocenters. The number of fused-ring (bicyclic) bond motifs is 1. The van der Waals surface area contributed by atoms with Crippen LogP contribution in [0.1, 0.15) is 25.7 Å². The minimum atomic E-state index is -0.385. The smallest absolute Gasteiger partial charge is 0.270 e. The highest BCUT2D eigenvalue weighted by molar-refractivity contribution is 5.99. The van der Waals surface area contributed by atoms with Crippen molar-refractivity contribution in [2.75, 3.05) is 14.2 Å². The molecule has 4 rings (SSSR count). The van der Waals surface area contributed by atoms with E-state index >= 15 is 0 Å². The van der Waals surface area contributed by atoms with Crippen molar-refractivity contribution in [1.29, 1.82) is 0 Å². The summed E-state index contributed by atoms with van der Waals surface area (Å²) in [7, 11) is 5.22. The zero-order chi connectivity index (χ0) is 21.3. The average Bonchev–Trinajstić information content (AvgIpc) is 3.11. The molecule has 1 aliphatic rings. The van der Waals surface area contributed by atoms with E-state index in [1.165, 1.54) is 6.07 Å². The summed E-state index contributed by atoms with van der Waals surface area (Å²) >= 11 is 0. The number of benzene rings is 1. The van der Waals surface area contributed by atoms with Crippen molar-refractivity contribution in [3.8, 4) is 22.8 Å².